The number of benzene rings is 2. The zero-order valence-corrected chi connectivity index (χ0v) is 14.5. The lowest BCUT2D eigenvalue weighted by Gasteiger charge is -2.18. The fourth-order valence-corrected chi connectivity index (χ4v) is 2.87. The van der Waals surface area contributed by atoms with Crippen molar-refractivity contribution >= 4 is 11.6 Å². The van der Waals surface area contributed by atoms with Gasteiger partial charge in [-0.3, -0.25) is 0 Å². The number of nitrogens with two attached hydrogens (primary N) is 1. The number of hydrogen-bond donors (Lipinski definition) is 1. The van der Waals surface area contributed by atoms with Crippen molar-refractivity contribution in [1.82, 2.24) is 0 Å². The molecule has 0 aromatic heterocycles. The van der Waals surface area contributed by atoms with Gasteiger partial charge < -0.3 is 15.2 Å². The van der Waals surface area contributed by atoms with Gasteiger partial charge in [-0.15, -0.1) is 0 Å². The number of methoxy groups -OCH3 is 1. The number of hydrogen-bond acceptors (Lipinski definition) is 3. The second kappa shape index (κ2) is 8.80. The standard InChI is InChI=1S/C19H24ClNO2/c1-3-10-23-19-12-14(8-9-18(19)22-2)11-15(13-21)16-6-4-5-7-17(16)20/h4-9,12,15H,3,10-11,13,21H2,1-2H3. The van der Waals surface area contributed by atoms with Crippen molar-refractivity contribution in [3.8, 4) is 11.5 Å². The van der Waals surface area contributed by atoms with Gasteiger partial charge in [0.25, 0.3) is 0 Å². The molecule has 0 aliphatic carbocycles. The molecule has 1 atom stereocenters. The molecule has 0 bridgehead atoms. The average molecular weight is 334 g/mol. The smallest absolute Gasteiger partial charge is 0.161 e. The van der Waals surface area contributed by atoms with Gasteiger partial charge in [-0.25, -0.2) is 0 Å². The van der Waals surface area contributed by atoms with E-state index in [1.54, 1.807) is 7.11 Å². The number of halogens is 1. The molecule has 0 fully saturated rings. The Morgan fingerprint density at radius 2 is 1.91 bits per heavy atom. The molecule has 23 heavy (non-hydrogen) atoms. The fraction of sp³-hybridized carbons (Fsp3) is 0.368. The van der Waals surface area contributed by atoms with Crippen LogP contribution in [0.25, 0.3) is 0 Å². The average Bonchev–Trinajstić information content (AvgIpc) is 2.58. The molecule has 0 heterocycles. The Labute approximate surface area is 143 Å². The zero-order chi connectivity index (χ0) is 16.7. The molecule has 1 unspecified atom stereocenters. The maximum atomic E-state index is 6.31. The monoisotopic (exact) mass is 333 g/mol. The molecule has 0 aliphatic rings. The topological polar surface area (TPSA) is 44.5 Å². The van der Waals surface area contributed by atoms with Gasteiger partial charge in [-0.1, -0.05) is 42.8 Å². The third kappa shape index (κ3) is 4.63. The summed E-state index contributed by atoms with van der Waals surface area (Å²) in [5.74, 6) is 1.71. The molecule has 0 saturated carbocycles. The molecule has 2 N–H and O–H groups in total. The first-order valence-electron chi connectivity index (χ1n) is 7.93. The summed E-state index contributed by atoms with van der Waals surface area (Å²) in [5, 5.41) is 0.763. The van der Waals surface area contributed by atoms with Crippen molar-refractivity contribution in [3.63, 3.8) is 0 Å². The molecule has 0 aliphatic heterocycles. The molecule has 0 spiro atoms. The van der Waals surface area contributed by atoms with E-state index < -0.39 is 0 Å². The maximum absolute atomic E-state index is 6.31. The molecule has 2 aromatic rings. The Bertz CT molecular complexity index is 631. The minimum absolute atomic E-state index is 0.177. The molecule has 124 valence electrons. The van der Waals surface area contributed by atoms with Crippen molar-refractivity contribution in [1.29, 1.82) is 0 Å². The van der Waals surface area contributed by atoms with Crippen LogP contribution in [0.2, 0.25) is 5.02 Å². The predicted octanol–water partition coefficient (Wildman–Crippen LogP) is 4.42. The summed E-state index contributed by atoms with van der Waals surface area (Å²) >= 11 is 6.31. The minimum atomic E-state index is 0.177. The summed E-state index contributed by atoms with van der Waals surface area (Å²) < 4.78 is 11.1. The van der Waals surface area contributed by atoms with Crippen molar-refractivity contribution in [3.05, 3.63) is 58.6 Å². The van der Waals surface area contributed by atoms with E-state index in [0.717, 1.165) is 40.5 Å². The van der Waals surface area contributed by atoms with Crippen LogP contribution in [0.4, 0.5) is 0 Å². The van der Waals surface area contributed by atoms with Crippen LogP contribution in [0, 0.1) is 0 Å². The lowest BCUT2D eigenvalue weighted by Crippen LogP contribution is -2.15. The molecule has 2 rings (SSSR count). The van der Waals surface area contributed by atoms with E-state index in [0.29, 0.717) is 13.2 Å². The van der Waals surface area contributed by atoms with Crippen molar-refractivity contribution in [2.45, 2.75) is 25.7 Å². The van der Waals surface area contributed by atoms with E-state index in [9.17, 15) is 0 Å². The molecule has 4 heteroatoms. The first-order chi connectivity index (χ1) is 11.2. The van der Waals surface area contributed by atoms with Crippen LogP contribution in [0.3, 0.4) is 0 Å². The molecule has 0 saturated heterocycles. The van der Waals surface area contributed by atoms with Crippen LogP contribution in [0.15, 0.2) is 42.5 Å². The minimum Gasteiger partial charge on any atom is -0.493 e. The van der Waals surface area contributed by atoms with Gasteiger partial charge in [0, 0.05) is 10.9 Å². The van der Waals surface area contributed by atoms with E-state index in [1.807, 2.05) is 36.4 Å². The third-order valence-electron chi connectivity index (χ3n) is 3.80. The van der Waals surface area contributed by atoms with Crippen LogP contribution in [0.5, 0.6) is 11.5 Å². The highest BCUT2D eigenvalue weighted by atomic mass is 35.5. The summed E-state index contributed by atoms with van der Waals surface area (Å²) in [7, 11) is 1.65. The molecular formula is C19H24ClNO2. The summed E-state index contributed by atoms with van der Waals surface area (Å²) in [4.78, 5) is 0. The van der Waals surface area contributed by atoms with Gasteiger partial charge in [0.1, 0.15) is 0 Å². The van der Waals surface area contributed by atoms with Crippen molar-refractivity contribution in [2.75, 3.05) is 20.3 Å². The quantitative estimate of drug-likeness (QED) is 0.777. The van der Waals surface area contributed by atoms with E-state index in [4.69, 9.17) is 26.8 Å². The predicted molar refractivity (Wildman–Crippen MR) is 95.7 cm³/mol. The van der Waals surface area contributed by atoms with E-state index in [1.165, 1.54) is 0 Å². The maximum Gasteiger partial charge on any atom is 0.161 e. The Morgan fingerprint density at radius 3 is 2.57 bits per heavy atom. The summed E-state index contributed by atoms with van der Waals surface area (Å²) in [6, 6.07) is 13.9. The SMILES string of the molecule is CCCOc1cc(CC(CN)c2ccccc2Cl)ccc1OC. The Balaban J connectivity index is 2.22. The fourth-order valence-electron chi connectivity index (χ4n) is 2.58. The lowest BCUT2D eigenvalue weighted by molar-refractivity contribution is 0.294. The van der Waals surface area contributed by atoms with Crippen LogP contribution >= 0.6 is 11.6 Å². The summed E-state index contributed by atoms with van der Waals surface area (Å²) in [6.45, 7) is 3.30. The molecule has 0 radical (unpaired) electrons. The van der Waals surface area contributed by atoms with E-state index in [-0.39, 0.29) is 5.92 Å². The molecule has 0 amide bonds. The lowest BCUT2D eigenvalue weighted by atomic mass is 9.92. The van der Waals surface area contributed by atoms with Gasteiger partial charge >= 0.3 is 0 Å². The number of ether oxygens (including phenoxy) is 2. The van der Waals surface area contributed by atoms with Crippen molar-refractivity contribution < 1.29 is 9.47 Å². The van der Waals surface area contributed by atoms with Crippen molar-refractivity contribution in [2.24, 2.45) is 5.73 Å². The van der Waals surface area contributed by atoms with E-state index >= 15 is 0 Å². The van der Waals surface area contributed by atoms with Crippen LogP contribution < -0.4 is 15.2 Å². The Hall–Kier alpha value is -1.71. The van der Waals surface area contributed by atoms with Gasteiger partial charge in [0.15, 0.2) is 11.5 Å². The van der Waals surface area contributed by atoms with Crippen LogP contribution in [-0.4, -0.2) is 20.3 Å². The second-order valence-electron chi connectivity index (χ2n) is 5.49. The number of rotatable bonds is 8. The van der Waals surface area contributed by atoms with Crippen LogP contribution in [0.1, 0.15) is 30.4 Å². The Morgan fingerprint density at radius 1 is 1.13 bits per heavy atom. The molecular weight excluding hydrogens is 310 g/mol. The normalized spacial score (nSPS) is 12.0. The van der Waals surface area contributed by atoms with Crippen LogP contribution in [-0.2, 0) is 6.42 Å². The molecule has 2 aromatic carbocycles. The van der Waals surface area contributed by atoms with Gasteiger partial charge in [0.2, 0.25) is 0 Å². The second-order valence-corrected chi connectivity index (χ2v) is 5.90. The first-order valence-corrected chi connectivity index (χ1v) is 8.31. The highest BCUT2D eigenvalue weighted by Crippen LogP contribution is 2.32. The third-order valence-corrected chi connectivity index (χ3v) is 4.15. The van der Waals surface area contributed by atoms with E-state index in [2.05, 4.69) is 13.0 Å². The molecule has 3 nitrogen and oxygen atoms in total. The van der Waals surface area contributed by atoms with Gasteiger partial charge in [-0.05, 0) is 48.7 Å². The highest BCUT2D eigenvalue weighted by Gasteiger charge is 2.15. The summed E-state index contributed by atoms with van der Waals surface area (Å²) in [6.07, 6.45) is 1.77. The highest BCUT2D eigenvalue weighted by molar-refractivity contribution is 6.31. The first kappa shape index (κ1) is 17.6. The summed E-state index contributed by atoms with van der Waals surface area (Å²) in [5.41, 5.74) is 8.23. The van der Waals surface area contributed by atoms with Gasteiger partial charge in [0.05, 0.1) is 13.7 Å². The Kier molecular flexibility index (Phi) is 6.75. The zero-order valence-electron chi connectivity index (χ0n) is 13.7. The largest absolute Gasteiger partial charge is 0.493 e. The van der Waals surface area contributed by atoms with Gasteiger partial charge in [-0.2, -0.15) is 0 Å².